The van der Waals surface area contributed by atoms with Crippen molar-refractivity contribution < 1.29 is 9.90 Å². The maximum Gasteiger partial charge on any atom is 0.165 e. The monoisotopic (exact) mass is 235 g/mol. The van der Waals surface area contributed by atoms with E-state index in [4.69, 9.17) is 5.11 Å². The van der Waals surface area contributed by atoms with Crippen LogP contribution < -0.4 is 5.32 Å². The summed E-state index contributed by atoms with van der Waals surface area (Å²) < 4.78 is 0. The maximum absolute atomic E-state index is 12.2. The number of hydrogen-bond acceptors (Lipinski definition) is 3. The standard InChI is InChI=1S/C14H21NO2/c1-2-12(8-9-15-10-11-16)14(17)13-6-4-3-5-7-13/h3-7,12,15-16H,2,8-11H2,1H3. The van der Waals surface area contributed by atoms with Gasteiger partial charge in [0.15, 0.2) is 5.78 Å². The zero-order valence-electron chi connectivity index (χ0n) is 10.4. The minimum absolute atomic E-state index is 0.0728. The molecule has 0 spiro atoms. The van der Waals surface area contributed by atoms with Crippen molar-refractivity contribution in [2.45, 2.75) is 19.8 Å². The number of carbonyl (C=O) groups excluding carboxylic acids is 1. The minimum Gasteiger partial charge on any atom is -0.395 e. The highest BCUT2D eigenvalue weighted by molar-refractivity contribution is 5.97. The van der Waals surface area contributed by atoms with Crippen LogP contribution in [0.5, 0.6) is 0 Å². The number of rotatable bonds is 8. The highest BCUT2D eigenvalue weighted by Crippen LogP contribution is 2.15. The molecule has 0 bridgehead atoms. The Labute approximate surface area is 103 Å². The van der Waals surface area contributed by atoms with Crippen LogP contribution in [0.3, 0.4) is 0 Å². The molecule has 0 saturated heterocycles. The largest absolute Gasteiger partial charge is 0.395 e. The van der Waals surface area contributed by atoms with Gasteiger partial charge < -0.3 is 10.4 Å². The number of benzene rings is 1. The van der Waals surface area contributed by atoms with E-state index in [-0.39, 0.29) is 18.3 Å². The lowest BCUT2D eigenvalue weighted by Gasteiger charge is -2.14. The van der Waals surface area contributed by atoms with Crippen molar-refractivity contribution in [2.75, 3.05) is 19.7 Å². The number of carbonyl (C=O) groups is 1. The second-order valence-electron chi connectivity index (χ2n) is 4.10. The predicted molar refractivity (Wildman–Crippen MR) is 69.1 cm³/mol. The summed E-state index contributed by atoms with van der Waals surface area (Å²) in [5, 5.41) is 11.8. The zero-order valence-corrected chi connectivity index (χ0v) is 10.4. The van der Waals surface area contributed by atoms with Crippen LogP contribution >= 0.6 is 0 Å². The first-order valence-corrected chi connectivity index (χ1v) is 6.20. The van der Waals surface area contributed by atoms with E-state index in [1.165, 1.54) is 0 Å². The van der Waals surface area contributed by atoms with Crippen LogP contribution in [0.1, 0.15) is 30.1 Å². The van der Waals surface area contributed by atoms with Crippen molar-refractivity contribution in [3.05, 3.63) is 35.9 Å². The Morgan fingerprint density at radius 2 is 2.00 bits per heavy atom. The van der Waals surface area contributed by atoms with Crippen molar-refractivity contribution in [3.63, 3.8) is 0 Å². The third kappa shape index (κ3) is 4.67. The molecule has 0 amide bonds. The van der Waals surface area contributed by atoms with Gasteiger partial charge in [0.25, 0.3) is 0 Å². The summed E-state index contributed by atoms with van der Waals surface area (Å²) in [6, 6.07) is 9.44. The van der Waals surface area contributed by atoms with E-state index in [1.807, 2.05) is 37.3 Å². The van der Waals surface area contributed by atoms with Crippen molar-refractivity contribution in [1.29, 1.82) is 0 Å². The molecular weight excluding hydrogens is 214 g/mol. The fraction of sp³-hybridized carbons (Fsp3) is 0.500. The molecule has 0 saturated carbocycles. The minimum atomic E-state index is 0.0728. The van der Waals surface area contributed by atoms with Gasteiger partial charge in [-0.25, -0.2) is 0 Å². The molecule has 1 aromatic rings. The highest BCUT2D eigenvalue weighted by Gasteiger charge is 2.17. The van der Waals surface area contributed by atoms with Gasteiger partial charge in [-0.3, -0.25) is 4.79 Å². The molecule has 0 radical (unpaired) electrons. The number of aliphatic hydroxyl groups is 1. The van der Waals surface area contributed by atoms with E-state index < -0.39 is 0 Å². The summed E-state index contributed by atoms with van der Waals surface area (Å²) in [6.45, 7) is 3.55. The molecule has 0 heterocycles. The Morgan fingerprint density at radius 3 is 2.59 bits per heavy atom. The maximum atomic E-state index is 12.2. The molecule has 0 aliphatic heterocycles. The van der Waals surface area contributed by atoms with Crippen LogP contribution in [0.2, 0.25) is 0 Å². The van der Waals surface area contributed by atoms with Crippen molar-refractivity contribution >= 4 is 5.78 Å². The lowest BCUT2D eigenvalue weighted by atomic mass is 9.92. The molecule has 0 aliphatic rings. The van der Waals surface area contributed by atoms with Gasteiger partial charge in [-0.1, -0.05) is 37.3 Å². The molecule has 1 rings (SSSR count). The second-order valence-corrected chi connectivity index (χ2v) is 4.10. The van der Waals surface area contributed by atoms with Gasteiger partial charge in [-0.15, -0.1) is 0 Å². The molecule has 1 aromatic carbocycles. The first kappa shape index (κ1) is 13.9. The van der Waals surface area contributed by atoms with Gasteiger partial charge >= 0.3 is 0 Å². The summed E-state index contributed by atoms with van der Waals surface area (Å²) in [7, 11) is 0. The third-order valence-corrected chi connectivity index (χ3v) is 2.88. The Morgan fingerprint density at radius 1 is 1.29 bits per heavy atom. The van der Waals surface area contributed by atoms with E-state index in [2.05, 4.69) is 5.32 Å². The highest BCUT2D eigenvalue weighted by atomic mass is 16.3. The molecular formula is C14H21NO2. The molecule has 3 nitrogen and oxygen atoms in total. The van der Waals surface area contributed by atoms with Gasteiger partial charge in [0.05, 0.1) is 6.61 Å². The van der Waals surface area contributed by atoms with E-state index in [1.54, 1.807) is 0 Å². The topological polar surface area (TPSA) is 49.3 Å². The molecule has 0 aromatic heterocycles. The second kappa shape index (κ2) is 7.98. The Hall–Kier alpha value is -1.19. The van der Waals surface area contributed by atoms with Crippen molar-refractivity contribution in [1.82, 2.24) is 5.32 Å². The first-order valence-electron chi connectivity index (χ1n) is 6.20. The van der Waals surface area contributed by atoms with Crippen molar-refractivity contribution in [2.24, 2.45) is 5.92 Å². The Bertz CT molecular complexity index is 324. The number of aliphatic hydroxyl groups excluding tert-OH is 1. The Balaban J connectivity index is 2.47. The van der Waals surface area contributed by atoms with Crippen molar-refractivity contribution in [3.8, 4) is 0 Å². The average molecular weight is 235 g/mol. The van der Waals surface area contributed by atoms with E-state index in [9.17, 15) is 4.79 Å². The van der Waals surface area contributed by atoms with Gasteiger partial charge in [0.2, 0.25) is 0 Å². The smallest absolute Gasteiger partial charge is 0.165 e. The fourth-order valence-electron chi connectivity index (χ4n) is 1.84. The molecule has 1 unspecified atom stereocenters. The summed E-state index contributed by atoms with van der Waals surface area (Å²) >= 11 is 0. The lowest BCUT2D eigenvalue weighted by Crippen LogP contribution is -2.24. The summed E-state index contributed by atoms with van der Waals surface area (Å²) in [5.74, 6) is 0.294. The van der Waals surface area contributed by atoms with E-state index in [0.29, 0.717) is 6.54 Å². The predicted octanol–water partition coefficient (Wildman–Crippen LogP) is 1.87. The van der Waals surface area contributed by atoms with Crippen LogP contribution in [0.4, 0.5) is 0 Å². The van der Waals surface area contributed by atoms with E-state index >= 15 is 0 Å². The Kier molecular flexibility index (Phi) is 6.51. The fourth-order valence-corrected chi connectivity index (χ4v) is 1.84. The van der Waals surface area contributed by atoms with Crippen LogP contribution in [-0.2, 0) is 0 Å². The van der Waals surface area contributed by atoms with Gasteiger partial charge in [0, 0.05) is 18.0 Å². The van der Waals surface area contributed by atoms with Crippen LogP contribution in [-0.4, -0.2) is 30.6 Å². The zero-order chi connectivity index (χ0) is 12.5. The van der Waals surface area contributed by atoms with Gasteiger partial charge in [-0.2, -0.15) is 0 Å². The summed E-state index contributed by atoms with van der Waals surface area (Å²) in [5.41, 5.74) is 0.793. The average Bonchev–Trinajstić information content (AvgIpc) is 2.39. The molecule has 94 valence electrons. The quantitative estimate of drug-likeness (QED) is 0.534. The van der Waals surface area contributed by atoms with E-state index in [0.717, 1.165) is 24.9 Å². The third-order valence-electron chi connectivity index (χ3n) is 2.88. The molecule has 2 N–H and O–H groups in total. The summed E-state index contributed by atoms with van der Waals surface area (Å²) in [6.07, 6.45) is 1.68. The number of Topliss-reactive ketones (excluding diaryl/α,β-unsaturated/α-hetero) is 1. The number of hydrogen-bond donors (Lipinski definition) is 2. The van der Waals surface area contributed by atoms with Gasteiger partial charge in [0.1, 0.15) is 0 Å². The normalized spacial score (nSPS) is 12.4. The molecule has 0 aliphatic carbocycles. The lowest BCUT2D eigenvalue weighted by molar-refractivity contribution is 0.0909. The SMILES string of the molecule is CCC(CCNCCO)C(=O)c1ccccc1. The van der Waals surface area contributed by atoms with Gasteiger partial charge in [-0.05, 0) is 19.4 Å². The number of ketones is 1. The molecule has 1 atom stereocenters. The molecule has 17 heavy (non-hydrogen) atoms. The summed E-state index contributed by atoms with van der Waals surface area (Å²) in [4.78, 5) is 12.2. The van der Waals surface area contributed by atoms with Crippen LogP contribution in [0, 0.1) is 5.92 Å². The van der Waals surface area contributed by atoms with Crippen LogP contribution in [0.15, 0.2) is 30.3 Å². The molecule has 3 heteroatoms. The molecule has 0 fully saturated rings. The first-order chi connectivity index (χ1) is 8.29. The number of nitrogens with one attached hydrogen (secondary N) is 1. The van der Waals surface area contributed by atoms with Crippen LogP contribution in [0.25, 0.3) is 0 Å².